The Balaban J connectivity index is 3.95. The number of hydrogen-bond donors (Lipinski definition) is 1. The van der Waals surface area contributed by atoms with Crippen LogP contribution in [0.5, 0.6) is 0 Å². The molecule has 0 aromatic carbocycles. The predicted molar refractivity (Wildman–Crippen MR) is 62.6 cm³/mol. The van der Waals surface area contributed by atoms with E-state index in [4.69, 9.17) is 4.74 Å². The molecular formula is C12H27NO. The van der Waals surface area contributed by atoms with Crippen LogP contribution in [0.1, 0.15) is 47.0 Å². The van der Waals surface area contributed by atoms with Crippen LogP contribution >= 0.6 is 0 Å². The van der Waals surface area contributed by atoms with Gasteiger partial charge in [0.05, 0.1) is 5.60 Å². The van der Waals surface area contributed by atoms with Crippen molar-refractivity contribution in [3.8, 4) is 0 Å². The van der Waals surface area contributed by atoms with Gasteiger partial charge in [-0.25, -0.2) is 0 Å². The first-order chi connectivity index (χ1) is 6.46. The maximum absolute atomic E-state index is 5.43. The number of hydrogen-bond acceptors (Lipinski definition) is 2. The minimum Gasteiger partial charge on any atom is -0.379 e. The van der Waals surface area contributed by atoms with Gasteiger partial charge in [0, 0.05) is 13.2 Å². The van der Waals surface area contributed by atoms with Crippen LogP contribution in [0, 0.1) is 5.92 Å². The summed E-state index contributed by atoms with van der Waals surface area (Å²) in [6.07, 6.45) is 3.61. The van der Waals surface area contributed by atoms with Gasteiger partial charge in [-0.3, -0.25) is 0 Å². The first-order valence-electron chi connectivity index (χ1n) is 5.69. The Morgan fingerprint density at radius 2 is 1.93 bits per heavy atom. The highest BCUT2D eigenvalue weighted by Crippen LogP contribution is 2.23. The molecule has 0 heterocycles. The third kappa shape index (κ3) is 4.97. The summed E-state index contributed by atoms with van der Waals surface area (Å²) in [7, 11) is 3.83. The van der Waals surface area contributed by atoms with Gasteiger partial charge in [-0.1, -0.05) is 13.3 Å². The molecule has 0 spiro atoms. The van der Waals surface area contributed by atoms with Gasteiger partial charge in [0.2, 0.25) is 0 Å². The standard InChI is InChI=1S/C12H27NO/c1-7-11(10(2)13-5)8-9-12(3,4)14-6/h10-11,13H,7-9H2,1-6H3. The number of nitrogens with one attached hydrogen (secondary N) is 1. The maximum atomic E-state index is 5.43. The molecule has 0 aliphatic rings. The molecule has 0 saturated heterocycles. The Labute approximate surface area is 89.4 Å². The maximum Gasteiger partial charge on any atom is 0.0622 e. The third-order valence-corrected chi connectivity index (χ3v) is 3.36. The minimum atomic E-state index is 0.0287. The molecule has 0 radical (unpaired) electrons. The summed E-state index contributed by atoms with van der Waals surface area (Å²) in [6, 6.07) is 0.604. The highest BCUT2D eigenvalue weighted by molar-refractivity contribution is 4.75. The summed E-state index contributed by atoms with van der Waals surface area (Å²) in [6.45, 7) is 8.83. The van der Waals surface area contributed by atoms with Gasteiger partial charge >= 0.3 is 0 Å². The van der Waals surface area contributed by atoms with Gasteiger partial charge in [-0.05, 0) is 46.6 Å². The van der Waals surface area contributed by atoms with E-state index in [2.05, 4.69) is 33.0 Å². The molecule has 0 amide bonds. The van der Waals surface area contributed by atoms with Gasteiger partial charge in [0.1, 0.15) is 0 Å². The summed E-state index contributed by atoms with van der Waals surface area (Å²) < 4.78 is 5.43. The van der Waals surface area contributed by atoms with Crippen molar-refractivity contribution in [1.29, 1.82) is 0 Å². The molecule has 2 heteroatoms. The van der Waals surface area contributed by atoms with Crippen molar-refractivity contribution in [2.45, 2.75) is 58.6 Å². The molecule has 2 atom stereocenters. The first kappa shape index (κ1) is 13.9. The molecular weight excluding hydrogens is 174 g/mol. The van der Waals surface area contributed by atoms with E-state index in [0.717, 1.165) is 12.3 Å². The molecule has 0 bridgehead atoms. The van der Waals surface area contributed by atoms with Crippen LogP contribution in [0.25, 0.3) is 0 Å². The van der Waals surface area contributed by atoms with Crippen molar-refractivity contribution in [2.24, 2.45) is 5.92 Å². The fourth-order valence-electron chi connectivity index (χ4n) is 1.68. The highest BCUT2D eigenvalue weighted by Gasteiger charge is 2.20. The second kappa shape index (κ2) is 6.41. The van der Waals surface area contributed by atoms with Crippen molar-refractivity contribution >= 4 is 0 Å². The van der Waals surface area contributed by atoms with Gasteiger partial charge in [-0.2, -0.15) is 0 Å². The average Bonchev–Trinajstić information content (AvgIpc) is 2.18. The second-order valence-electron chi connectivity index (χ2n) is 4.75. The molecule has 2 nitrogen and oxygen atoms in total. The molecule has 1 N–H and O–H groups in total. The molecule has 2 unspecified atom stereocenters. The van der Waals surface area contributed by atoms with Crippen molar-refractivity contribution in [3.63, 3.8) is 0 Å². The lowest BCUT2D eigenvalue weighted by Crippen LogP contribution is -2.32. The van der Waals surface area contributed by atoms with Crippen LogP contribution in [0.3, 0.4) is 0 Å². The van der Waals surface area contributed by atoms with Crippen LogP contribution in [-0.4, -0.2) is 25.8 Å². The lowest BCUT2D eigenvalue weighted by molar-refractivity contribution is 0.00920. The van der Waals surface area contributed by atoms with Crippen LogP contribution in [0.2, 0.25) is 0 Å². The lowest BCUT2D eigenvalue weighted by Gasteiger charge is -2.28. The average molecular weight is 201 g/mol. The summed E-state index contributed by atoms with van der Waals surface area (Å²) in [5.74, 6) is 0.759. The summed E-state index contributed by atoms with van der Waals surface area (Å²) in [5.41, 5.74) is 0.0287. The van der Waals surface area contributed by atoms with E-state index in [1.807, 2.05) is 7.05 Å². The highest BCUT2D eigenvalue weighted by atomic mass is 16.5. The zero-order chi connectivity index (χ0) is 11.2. The smallest absolute Gasteiger partial charge is 0.0622 e. The Morgan fingerprint density at radius 3 is 2.29 bits per heavy atom. The van der Waals surface area contributed by atoms with Crippen LogP contribution < -0.4 is 5.32 Å². The fraction of sp³-hybridized carbons (Fsp3) is 1.00. The Kier molecular flexibility index (Phi) is 6.38. The Hall–Kier alpha value is -0.0800. The Morgan fingerprint density at radius 1 is 1.36 bits per heavy atom. The number of methoxy groups -OCH3 is 1. The third-order valence-electron chi connectivity index (χ3n) is 3.36. The van der Waals surface area contributed by atoms with Crippen molar-refractivity contribution in [3.05, 3.63) is 0 Å². The normalized spacial score (nSPS) is 16.7. The summed E-state index contributed by atoms with van der Waals surface area (Å²) in [4.78, 5) is 0. The van der Waals surface area contributed by atoms with Gasteiger partial charge in [-0.15, -0.1) is 0 Å². The molecule has 14 heavy (non-hydrogen) atoms. The van der Waals surface area contributed by atoms with Crippen LogP contribution in [0.4, 0.5) is 0 Å². The molecule has 0 rings (SSSR count). The van der Waals surface area contributed by atoms with Crippen molar-refractivity contribution < 1.29 is 4.74 Å². The zero-order valence-corrected chi connectivity index (χ0v) is 10.7. The molecule has 0 saturated carbocycles. The largest absolute Gasteiger partial charge is 0.379 e. The quantitative estimate of drug-likeness (QED) is 0.684. The summed E-state index contributed by atoms with van der Waals surface area (Å²) >= 11 is 0. The van der Waals surface area contributed by atoms with E-state index in [-0.39, 0.29) is 5.60 Å². The van der Waals surface area contributed by atoms with E-state index in [1.165, 1.54) is 12.8 Å². The van der Waals surface area contributed by atoms with Crippen molar-refractivity contribution in [1.82, 2.24) is 5.32 Å². The van der Waals surface area contributed by atoms with Gasteiger partial charge in [0.25, 0.3) is 0 Å². The first-order valence-corrected chi connectivity index (χ1v) is 5.69. The zero-order valence-electron chi connectivity index (χ0n) is 10.7. The monoisotopic (exact) mass is 201 g/mol. The topological polar surface area (TPSA) is 21.3 Å². The molecule has 0 aromatic heterocycles. The van der Waals surface area contributed by atoms with E-state index < -0.39 is 0 Å². The molecule has 86 valence electrons. The number of ether oxygens (including phenoxy) is 1. The summed E-state index contributed by atoms with van der Waals surface area (Å²) in [5, 5.41) is 3.33. The van der Waals surface area contributed by atoms with E-state index in [0.29, 0.717) is 6.04 Å². The van der Waals surface area contributed by atoms with Gasteiger partial charge in [0.15, 0.2) is 0 Å². The molecule has 0 aliphatic carbocycles. The second-order valence-corrected chi connectivity index (χ2v) is 4.75. The van der Waals surface area contributed by atoms with E-state index in [9.17, 15) is 0 Å². The minimum absolute atomic E-state index is 0.0287. The molecule has 0 aliphatic heterocycles. The Bertz CT molecular complexity index is 145. The van der Waals surface area contributed by atoms with Crippen molar-refractivity contribution in [2.75, 3.05) is 14.2 Å². The SMILES string of the molecule is CCC(CCC(C)(C)OC)C(C)NC. The van der Waals surface area contributed by atoms with E-state index >= 15 is 0 Å². The molecule has 0 fully saturated rings. The lowest BCUT2D eigenvalue weighted by atomic mass is 9.88. The van der Waals surface area contributed by atoms with Crippen LogP contribution in [0.15, 0.2) is 0 Å². The predicted octanol–water partition coefficient (Wildman–Crippen LogP) is 2.83. The fourth-order valence-corrected chi connectivity index (χ4v) is 1.68. The number of rotatable bonds is 7. The van der Waals surface area contributed by atoms with Crippen LogP contribution in [-0.2, 0) is 4.74 Å². The van der Waals surface area contributed by atoms with Gasteiger partial charge < -0.3 is 10.1 Å². The molecule has 0 aromatic rings. The van der Waals surface area contributed by atoms with E-state index in [1.54, 1.807) is 7.11 Å².